The number of fused-ring (bicyclic) bond motifs is 3. The number of amides is 1. The lowest BCUT2D eigenvalue weighted by Crippen LogP contribution is -2.40. The highest BCUT2D eigenvalue weighted by Gasteiger charge is 2.26. The maximum absolute atomic E-state index is 13.2. The number of carbonyl (C=O) groups is 1. The van der Waals surface area contributed by atoms with Gasteiger partial charge in [0.15, 0.2) is 0 Å². The summed E-state index contributed by atoms with van der Waals surface area (Å²) in [6, 6.07) is 3.76. The van der Waals surface area contributed by atoms with Gasteiger partial charge in [0.1, 0.15) is 11.4 Å². The lowest BCUT2D eigenvalue weighted by Gasteiger charge is -2.27. The number of rotatable bonds is 2. The van der Waals surface area contributed by atoms with E-state index in [0.717, 1.165) is 22.2 Å². The van der Waals surface area contributed by atoms with Gasteiger partial charge in [-0.1, -0.05) is 5.16 Å². The van der Waals surface area contributed by atoms with Crippen LogP contribution in [0.2, 0.25) is 0 Å². The molecule has 0 atom stereocenters. The Balaban J connectivity index is 1.94. The lowest BCUT2D eigenvalue weighted by atomic mass is 9.97. The van der Waals surface area contributed by atoms with Crippen LogP contribution in [-0.4, -0.2) is 37.4 Å². The molecule has 1 aliphatic rings. The fourth-order valence-electron chi connectivity index (χ4n) is 3.56. The fourth-order valence-corrected chi connectivity index (χ4v) is 3.56. The topological polar surface area (TPSA) is 101 Å². The Labute approximate surface area is 148 Å². The molecule has 0 fully saturated rings. The van der Waals surface area contributed by atoms with Crippen LogP contribution in [0.25, 0.3) is 11.0 Å². The van der Waals surface area contributed by atoms with Gasteiger partial charge in [-0.05, 0) is 38.0 Å². The Bertz CT molecular complexity index is 1060. The summed E-state index contributed by atoms with van der Waals surface area (Å²) in [4.78, 5) is 30.2. The van der Waals surface area contributed by atoms with Crippen molar-refractivity contribution in [1.29, 1.82) is 0 Å². The van der Waals surface area contributed by atoms with Crippen molar-refractivity contribution >= 4 is 17.1 Å². The van der Waals surface area contributed by atoms with Crippen LogP contribution in [0, 0.1) is 13.8 Å². The second-order valence-electron chi connectivity index (χ2n) is 6.48. The Morgan fingerprint density at radius 2 is 2.15 bits per heavy atom. The van der Waals surface area contributed by atoms with E-state index in [-0.39, 0.29) is 18.6 Å². The Hall–Kier alpha value is -3.16. The summed E-state index contributed by atoms with van der Waals surface area (Å²) in [5, 5.41) is 14.1. The number of hydrogen-bond acceptors (Lipinski definition) is 5. The van der Waals surface area contributed by atoms with Crippen molar-refractivity contribution in [3.05, 3.63) is 56.8 Å². The molecule has 0 radical (unpaired) electrons. The number of aryl methyl sites for hydroxylation is 2. The normalized spacial score (nSPS) is 13.8. The van der Waals surface area contributed by atoms with Crippen LogP contribution >= 0.6 is 0 Å². The average molecular weight is 354 g/mol. The molecule has 134 valence electrons. The molecule has 8 nitrogen and oxygen atoms in total. The predicted molar refractivity (Wildman–Crippen MR) is 93.2 cm³/mol. The van der Waals surface area contributed by atoms with Gasteiger partial charge in [-0.3, -0.25) is 9.36 Å². The number of pyridine rings is 2. The molecule has 0 spiro atoms. The number of nitrogens with zero attached hydrogens (tertiary/aromatic N) is 4. The van der Waals surface area contributed by atoms with E-state index < -0.39 is 6.09 Å². The standard InChI is InChI=1S/C18H18N4O4/c1-10-14(11(2)26-20-10)9-22-16-13(4-3-6-19-16)12-5-7-21(18(24)25)8-15(12)17(22)23/h3-4,6H,5,7-9H2,1-2H3,(H,24,25). The first kappa shape index (κ1) is 16.3. The first-order valence-corrected chi connectivity index (χ1v) is 8.36. The maximum Gasteiger partial charge on any atom is 0.407 e. The zero-order valence-corrected chi connectivity index (χ0v) is 14.5. The van der Waals surface area contributed by atoms with Crippen molar-refractivity contribution in [2.45, 2.75) is 33.4 Å². The third kappa shape index (κ3) is 2.45. The molecular formula is C18H18N4O4. The highest BCUT2D eigenvalue weighted by atomic mass is 16.5. The van der Waals surface area contributed by atoms with Gasteiger partial charge in [0.25, 0.3) is 5.56 Å². The molecule has 3 aromatic rings. The number of carboxylic acid groups (broad SMARTS) is 1. The van der Waals surface area contributed by atoms with Crippen molar-refractivity contribution in [3.63, 3.8) is 0 Å². The molecule has 0 aromatic carbocycles. The van der Waals surface area contributed by atoms with E-state index in [9.17, 15) is 14.7 Å². The quantitative estimate of drug-likeness (QED) is 0.756. The van der Waals surface area contributed by atoms with E-state index in [1.54, 1.807) is 17.7 Å². The first-order chi connectivity index (χ1) is 12.5. The molecule has 4 rings (SSSR count). The summed E-state index contributed by atoms with van der Waals surface area (Å²) < 4.78 is 6.80. The zero-order valence-electron chi connectivity index (χ0n) is 14.5. The maximum atomic E-state index is 13.2. The molecule has 8 heteroatoms. The molecule has 4 heterocycles. The van der Waals surface area contributed by atoms with Gasteiger partial charge in [-0.2, -0.15) is 0 Å². The molecule has 0 aliphatic carbocycles. The largest absolute Gasteiger partial charge is 0.465 e. The molecule has 0 unspecified atom stereocenters. The monoisotopic (exact) mass is 354 g/mol. The van der Waals surface area contributed by atoms with Gasteiger partial charge in [-0.25, -0.2) is 9.78 Å². The third-order valence-corrected chi connectivity index (χ3v) is 4.98. The minimum absolute atomic E-state index is 0.0932. The van der Waals surface area contributed by atoms with Gasteiger partial charge in [0, 0.05) is 29.3 Å². The van der Waals surface area contributed by atoms with E-state index in [0.29, 0.717) is 29.9 Å². The molecule has 1 aliphatic heterocycles. The van der Waals surface area contributed by atoms with Crippen molar-refractivity contribution < 1.29 is 14.4 Å². The molecular weight excluding hydrogens is 336 g/mol. The SMILES string of the molecule is Cc1noc(C)c1Cn1c(=O)c2c(c3cccnc31)CCN(C(=O)O)C2. The van der Waals surface area contributed by atoms with E-state index in [1.165, 1.54) is 4.90 Å². The van der Waals surface area contributed by atoms with Gasteiger partial charge in [-0.15, -0.1) is 0 Å². The third-order valence-electron chi connectivity index (χ3n) is 4.98. The summed E-state index contributed by atoms with van der Waals surface area (Å²) in [5.74, 6) is 0.656. The summed E-state index contributed by atoms with van der Waals surface area (Å²) >= 11 is 0. The number of hydrogen-bond donors (Lipinski definition) is 1. The second kappa shape index (κ2) is 5.98. The Morgan fingerprint density at radius 1 is 1.35 bits per heavy atom. The summed E-state index contributed by atoms with van der Waals surface area (Å²) in [7, 11) is 0. The average Bonchev–Trinajstić information content (AvgIpc) is 2.96. The fraction of sp³-hybridized carbons (Fsp3) is 0.333. The molecule has 0 saturated carbocycles. The van der Waals surface area contributed by atoms with Crippen LogP contribution in [0.4, 0.5) is 4.79 Å². The molecule has 26 heavy (non-hydrogen) atoms. The van der Waals surface area contributed by atoms with Crippen molar-refractivity contribution in [1.82, 2.24) is 19.6 Å². The van der Waals surface area contributed by atoms with E-state index in [2.05, 4.69) is 10.1 Å². The predicted octanol–water partition coefficient (Wildman–Crippen LogP) is 2.09. The van der Waals surface area contributed by atoms with Gasteiger partial charge in [0.05, 0.1) is 18.8 Å². The smallest absolute Gasteiger partial charge is 0.407 e. The van der Waals surface area contributed by atoms with Gasteiger partial charge < -0.3 is 14.5 Å². The minimum Gasteiger partial charge on any atom is -0.465 e. The number of aromatic nitrogens is 3. The zero-order chi connectivity index (χ0) is 18.4. The van der Waals surface area contributed by atoms with Crippen LogP contribution < -0.4 is 5.56 Å². The summed E-state index contributed by atoms with van der Waals surface area (Å²) in [5.41, 5.74) is 3.36. The van der Waals surface area contributed by atoms with Crippen molar-refractivity contribution in [3.8, 4) is 0 Å². The van der Waals surface area contributed by atoms with Crippen molar-refractivity contribution in [2.24, 2.45) is 0 Å². The molecule has 1 N–H and O–H groups in total. The molecule has 3 aromatic heterocycles. The molecule has 1 amide bonds. The molecule has 0 saturated heterocycles. The lowest BCUT2D eigenvalue weighted by molar-refractivity contribution is 0.139. The summed E-state index contributed by atoms with van der Waals surface area (Å²) in [6.07, 6.45) is 1.15. The van der Waals surface area contributed by atoms with Crippen LogP contribution in [-0.2, 0) is 19.5 Å². The van der Waals surface area contributed by atoms with E-state index in [4.69, 9.17) is 4.52 Å². The van der Waals surface area contributed by atoms with Crippen LogP contribution in [0.1, 0.15) is 28.1 Å². The highest BCUT2D eigenvalue weighted by Crippen LogP contribution is 2.25. The van der Waals surface area contributed by atoms with Gasteiger partial charge in [0.2, 0.25) is 0 Å². The molecule has 0 bridgehead atoms. The van der Waals surface area contributed by atoms with E-state index >= 15 is 0 Å². The minimum atomic E-state index is -1.02. The van der Waals surface area contributed by atoms with Crippen LogP contribution in [0.5, 0.6) is 0 Å². The van der Waals surface area contributed by atoms with E-state index in [1.807, 2.05) is 19.1 Å². The van der Waals surface area contributed by atoms with Crippen LogP contribution in [0.3, 0.4) is 0 Å². The highest BCUT2D eigenvalue weighted by molar-refractivity contribution is 5.81. The van der Waals surface area contributed by atoms with Gasteiger partial charge >= 0.3 is 6.09 Å². The summed E-state index contributed by atoms with van der Waals surface area (Å²) in [6.45, 7) is 4.39. The second-order valence-corrected chi connectivity index (χ2v) is 6.48. The van der Waals surface area contributed by atoms with Crippen molar-refractivity contribution in [2.75, 3.05) is 6.54 Å². The van der Waals surface area contributed by atoms with Crippen LogP contribution in [0.15, 0.2) is 27.6 Å². The first-order valence-electron chi connectivity index (χ1n) is 8.36. The Kier molecular flexibility index (Phi) is 3.75. The Morgan fingerprint density at radius 3 is 2.85 bits per heavy atom.